The summed E-state index contributed by atoms with van der Waals surface area (Å²) in [5, 5.41) is 44.6. The first kappa shape index (κ1) is 74.9. The summed E-state index contributed by atoms with van der Waals surface area (Å²) in [7, 11) is 0. The molecular formula is C79H82ClF3N4O9S3. The molecular weight excluding hydrogens is 1340 g/mol. The number of alkyl halides is 3. The van der Waals surface area contributed by atoms with Gasteiger partial charge in [-0.3, -0.25) is 14.4 Å². The SMILES string of the molecule is CCc1cc(O)ccc1C1=C(O)CC(CCSc2ccc(C)cn2)CC1=O.CCc1cc(OCc2ccccc2)ccc1C1=C(O)CC(CCSc2ccc(C)cn2)CC1=O.CCc1cc(Oc2ncc(C(F)(F)F)cc2Cl)ccc1C1=C(O)CC(CCSc2ccc(C)cn2)CC1=O. The molecule has 518 valence electrons. The summed E-state index contributed by atoms with van der Waals surface area (Å²) in [4.78, 5) is 55.8. The number of hydrogen-bond donors (Lipinski definition) is 4. The lowest BCUT2D eigenvalue weighted by atomic mass is 9.81. The number of aromatic nitrogens is 4. The predicted molar refractivity (Wildman–Crippen MR) is 389 cm³/mol. The van der Waals surface area contributed by atoms with Gasteiger partial charge in [0.1, 0.15) is 46.2 Å². The van der Waals surface area contributed by atoms with Crippen LogP contribution in [0, 0.1) is 38.5 Å². The zero-order chi connectivity index (χ0) is 70.8. The topological polar surface area (TPSA) is 202 Å². The first-order chi connectivity index (χ1) is 47.5. The van der Waals surface area contributed by atoms with Crippen molar-refractivity contribution in [2.75, 3.05) is 17.3 Å². The average molecular weight is 1420 g/mol. The molecule has 4 aromatic heterocycles. The van der Waals surface area contributed by atoms with Crippen molar-refractivity contribution in [1.82, 2.24) is 19.9 Å². The van der Waals surface area contributed by atoms with Crippen LogP contribution in [0.3, 0.4) is 0 Å². The van der Waals surface area contributed by atoms with Crippen LogP contribution in [-0.2, 0) is 46.4 Å². The van der Waals surface area contributed by atoms with Crippen molar-refractivity contribution in [3.8, 4) is 23.1 Å². The number of Topliss-reactive ketones (excluding diaryl/α,β-unsaturated/α-hetero) is 3. The van der Waals surface area contributed by atoms with E-state index >= 15 is 0 Å². The van der Waals surface area contributed by atoms with Crippen LogP contribution >= 0.6 is 46.9 Å². The third-order valence-electron chi connectivity index (χ3n) is 17.3. The van der Waals surface area contributed by atoms with Gasteiger partial charge >= 0.3 is 6.18 Å². The molecule has 4 aromatic carbocycles. The number of carbonyl (C=O) groups excluding carboxylic acids is 3. The fraction of sp³-hybridized carbons (Fsp3) is 0.329. The molecule has 99 heavy (non-hydrogen) atoms. The molecule has 0 amide bonds. The van der Waals surface area contributed by atoms with Crippen LogP contribution in [0.4, 0.5) is 13.2 Å². The molecule has 0 radical (unpaired) electrons. The molecule has 11 rings (SSSR count). The molecule has 4 N–H and O–H groups in total. The lowest BCUT2D eigenvalue weighted by Gasteiger charge is -2.24. The minimum Gasteiger partial charge on any atom is -0.512 e. The van der Waals surface area contributed by atoms with Gasteiger partial charge in [-0.05, 0) is 211 Å². The lowest BCUT2D eigenvalue weighted by Crippen LogP contribution is -2.20. The van der Waals surface area contributed by atoms with Crippen molar-refractivity contribution in [3.63, 3.8) is 0 Å². The number of allylic oxidation sites excluding steroid dienone is 6. The summed E-state index contributed by atoms with van der Waals surface area (Å²) in [6, 6.07) is 38.6. The highest BCUT2D eigenvalue weighted by molar-refractivity contribution is 7.99. The van der Waals surface area contributed by atoms with Gasteiger partial charge in [0.25, 0.3) is 0 Å². The Morgan fingerprint density at radius 1 is 0.485 bits per heavy atom. The van der Waals surface area contributed by atoms with Gasteiger partial charge < -0.3 is 29.9 Å². The number of thioether (sulfide) groups is 3. The highest BCUT2D eigenvalue weighted by atomic mass is 35.5. The Kier molecular flexibility index (Phi) is 26.9. The molecule has 13 nitrogen and oxygen atoms in total. The van der Waals surface area contributed by atoms with Crippen molar-refractivity contribution in [2.24, 2.45) is 17.8 Å². The molecule has 20 heteroatoms. The predicted octanol–water partition coefficient (Wildman–Crippen LogP) is 20.3. The highest BCUT2D eigenvalue weighted by Gasteiger charge is 2.34. The molecule has 8 aromatic rings. The number of hydrogen-bond acceptors (Lipinski definition) is 16. The molecule has 3 atom stereocenters. The number of phenols is 1. The molecule has 4 heterocycles. The van der Waals surface area contributed by atoms with Gasteiger partial charge in [0.15, 0.2) is 17.3 Å². The van der Waals surface area contributed by atoms with Gasteiger partial charge in [-0.15, -0.1) is 35.3 Å². The first-order valence-corrected chi connectivity index (χ1v) is 36.6. The Hall–Kier alpha value is -8.36. The molecule has 0 spiro atoms. The van der Waals surface area contributed by atoms with E-state index in [-0.39, 0.29) is 69.0 Å². The summed E-state index contributed by atoms with van der Waals surface area (Å²) in [6.45, 7) is 12.4. The van der Waals surface area contributed by atoms with Gasteiger partial charge in [0.05, 0.1) is 37.4 Å². The Bertz CT molecular complexity index is 4230. The van der Waals surface area contributed by atoms with Crippen LogP contribution < -0.4 is 9.47 Å². The minimum absolute atomic E-state index is 0.0115. The molecule has 3 aliphatic rings. The number of halogens is 4. The number of ether oxygens (including phenoxy) is 2. The average Bonchev–Trinajstić information content (AvgIpc) is 0.809. The quantitative estimate of drug-likeness (QED) is 0.0440. The summed E-state index contributed by atoms with van der Waals surface area (Å²) >= 11 is 11.0. The van der Waals surface area contributed by atoms with E-state index in [1.165, 1.54) is 0 Å². The second-order valence-corrected chi connectivity index (χ2v) is 28.7. The highest BCUT2D eigenvalue weighted by Crippen LogP contribution is 2.42. The van der Waals surface area contributed by atoms with Crippen molar-refractivity contribution >= 4 is 81.0 Å². The third-order valence-corrected chi connectivity index (χ3v) is 20.5. The van der Waals surface area contributed by atoms with Gasteiger partial charge in [-0.25, -0.2) is 19.9 Å². The summed E-state index contributed by atoms with van der Waals surface area (Å²) in [5.41, 5.74) is 9.57. The maximum absolute atomic E-state index is 13.1. The number of phenolic OH excluding ortho intramolecular Hbond substituents is 1. The van der Waals surface area contributed by atoms with Crippen molar-refractivity contribution < 1.29 is 57.5 Å². The maximum Gasteiger partial charge on any atom is 0.417 e. The van der Waals surface area contributed by atoms with Gasteiger partial charge in [0.2, 0.25) is 5.88 Å². The fourth-order valence-corrected chi connectivity index (χ4v) is 15.1. The molecule has 3 aliphatic carbocycles. The van der Waals surface area contributed by atoms with Crippen LogP contribution in [0.15, 0.2) is 185 Å². The number of ketones is 3. The molecule has 0 aliphatic heterocycles. The van der Waals surface area contributed by atoms with Crippen LogP contribution in [0.2, 0.25) is 5.02 Å². The number of pyridine rings is 4. The zero-order valence-electron chi connectivity index (χ0n) is 56.3. The lowest BCUT2D eigenvalue weighted by molar-refractivity contribution is -0.137. The van der Waals surface area contributed by atoms with Crippen LogP contribution in [-0.4, -0.2) is 75.0 Å². The maximum atomic E-state index is 13.1. The number of benzene rings is 4. The van der Waals surface area contributed by atoms with Crippen molar-refractivity contribution in [3.05, 3.63) is 236 Å². The summed E-state index contributed by atoms with van der Waals surface area (Å²) in [5.74, 6) is 4.36. The van der Waals surface area contributed by atoms with Crippen LogP contribution in [0.25, 0.3) is 16.7 Å². The van der Waals surface area contributed by atoms with E-state index in [0.717, 1.165) is 120 Å². The third kappa shape index (κ3) is 21.1. The van der Waals surface area contributed by atoms with Gasteiger partial charge in [0, 0.05) is 63.3 Å². The Morgan fingerprint density at radius 3 is 1.27 bits per heavy atom. The molecule has 0 saturated heterocycles. The molecule has 0 bridgehead atoms. The van der Waals surface area contributed by atoms with E-state index in [0.29, 0.717) is 92.2 Å². The normalized spacial score (nSPS) is 16.5. The summed E-state index contributed by atoms with van der Waals surface area (Å²) < 4.78 is 50.2. The van der Waals surface area contributed by atoms with Crippen LogP contribution in [0.5, 0.6) is 23.1 Å². The smallest absolute Gasteiger partial charge is 0.417 e. The number of aliphatic hydroxyl groups is 3. The van der Waals surface area contributed by atoms with E-state index in [1.54, 1.807) is 71.7 Å². The van der Waals surface area contributed by atoms with Crippen molar-refractivity contribution in [2.45, 2.75) is 146 Å². The number of nitrogens with zero attached hydrogens (tertiary/aromatic N) is 4. The van der Waals surface area contributed by atoms with E-state index in [1.807, 2.05) is 132 Å². The Balaban J connectivity index is 0.000000176. The van der Waals surface area contributed by atoms with Crippen LogP contribution in [0.1, 0.15) is 140 Å². The minimum atomic E-state index is -4.56. The standard InChI is InChI=1S/C29H31NO3S.C28H26ClF3N2O3S.C22H25NO3S/c1-3-23-17-24(33-19-21-7-5-4-6-8-21)10-11-25(23)29-26(31)15-22(16-27(29)32)13-14-34-28-12-9-20(2)18-30-28;1-3-18-12-20(37-27-22(29)13-19(15-34-27)28(30,31)32)5-6-21(18)26-23(35)10-17(11-24(26)36)8-9-38-25-7-4-16(2)14-33-25;1-3-16-12-17(24)5-6-18(16)22-19(25)10-15(11-20(22)26)8-9-27-21-7-4-14(2)13-23-21/h4-12,17-18,22,31H,3,13-16,19H2,1-2H3;4-7,12-15,17,35H,3,8-11H2,1-2H3;4-7,12-13,15,24-25H,3,8-11H2,1-2H3. The fourth-order valence-electron chi connectivity index (χ4n) is 12.0. The zero-order valence-corrected chi connectivity index (χ0v) is 59.5. The number of carbonyl (C=O) groups is 3. The van der Waals surface area contributed by atoms with Gasteiger partial charge in [-0.1, -0.05) is 99.1 Å². The first-order valence-electron chi connectivity index (χ1n) is 33.2. The number of aryl methyl sites for hydroxylation is 6. The van der Waals surface area contributed by atoms with E-state index in [4.69, 9.17) is 21.1 Å². The van der Waals surface area contributed by atoms with E-state index in [9.17, 15) is 48.0 Å². The Morgan fingerprint density at radius 2 is 0.889 bits per heavy atom. The summed E-state index contributed by atoms with van der Waals surface area (Å²) in [6.07, 6.45) is 8.87. The second-order valence-electron chi connectivity index (χ2n) is 24.9. The second kappa shape index (κ2) is 35.6. The van der Waals surface area contributed by atoms with E-state index < -0.39 is 11.7 Å². The molecule has 0 saturated carbocycles. The monoisotopic (exact) mass is 1420 g/mol. The molecule has 3 unspecified atom stereocenters. The van der Waals surface area contributed by atoms with Crippen molar-refractivity contribution in [1.29, 1.82) is 0 Å². The van der Waals surface area contributed by atoms with E-state index in [2.05, 4.69) is 32.9 Å². The number of aliphatic hydroxyl groups excluding tert-OH is 3. The number of rotatable bonds is 23. The largest absolute Gasteiger partial charge is 0.512 e. The van der Waals surface area contributed by atoms with Gasteiger partial charge in [-0.2, -0.15) is 13.2 Å². The number of aromatic hydroxyl groups is 1. The molecule has 0 fully saturated rings. The Labute approximate surface area is 594 Å².